The van der Waals surface area contributed by atoms with Crippen molar-refractivity contribution < 1.29 is 9.59 Å². The Morgan fingerprint density at radius 3 is 2.75 bits per heavy atom. The molecular weight excluding hydrogens is 156 g/mol. The molecule has 0 bridgehead atoms. The van der Waals surface area contributed by atoms with Gasteiger partial charge in [0.15, 0.2) is 0 Å². The van der Waals surface area contributed by atoms with E-state index < -0.39 is 0 Å². The molecule has 2 fully saturated rings. The summed E-state index contributed by atoms with van der Waals surface area (Å²) in [4.78, 5) is 23.2. The minimum Gasteiger partial charge on any atom is -0.328 e. The minimum atomic E-state index is -0.353. The zero-order valence-corrected chi connectivity index (χ0v) is 6.88. The molecule has 0 aromatic heterocycles. The van der Waals surface area contributed by atoms with Crippen LogP contribution in [0.2, 0.25) is 0 Å². The van der Waals surface area contributed by atoms with Crippen LogP contribution in [-0.2, 0) is 9.59 Å². The molecule has 0 saturated carbocycles. The predicted molar refractivity (Wildman–Crippen MR) is 42.6 cm³/mol. The normalized spacial score (nSPS) is 25.5. The summed E-state index contributed by atoms with van der Waals surface area (Å²) in [5.74, 6) is -0.353. The Balaban J connectivity index is 2.13. The van der Waals surface area contributed by atoms with Crippen LogP contribution >= 0.6 is 0 Å². The SMILES string of the molecule is O=CC(=O)N1CCCC12CNC2. The van der Waals surface area contributed by atoms with Crippen molar-refractivity contribution in [2.75, 3.05) is 19.6 Å². The number of nitrogens with one attached hydrogen (secondary N) is 1. The Morgan fingerprint density at radius 2 is 2.25 bits per heavy atom. The standard InChI is InChI=1S/C8H12N2O2/c11-4-7(12)10-3-1-2-8(10)5-9-6-8/h4,9H,1-3,5-6H2. The van der Waals surface area contributed by atoms with Gasteiger partial charge in [-0.3, -0.25) is 9.59 Å². The zero-order valence-electron chi connectivity index (χ0n) is 6.88. The van der Waals surface area contributed by atoms with Crippen molar-refractivity contribution in [1.29, 1.82) is 0 Å². The number of carbonyl (C=O) groups excluding carboxylic acids is 2. The van der Waals surface area contributed by atoms with E-state index in [1.165, 1.54) is 0 Å². The molecule has 0 aromatic rings. The number of hydrogen-bond acceptors (Lipinski definition) is 3. The van der Waals surface area contributed by atoms with E-state index in [0.29, 0.717) is 6.29 Å². The molecule has 2 saturated heterocycles. The first-order chi connectivity index (χ1) is 5.78. The monoisotopic (exact) mass is 168 g/mol. The second kappa shape index (κ2) is 2.55. The molecule has 1 N–H and O–H groups in total. The van der Waals surface area contributed by atoms with Crippen LogP contribution in [0.25, 0.3) is 0 Å². The van der Waals surface area contributed by atoms with E-state index in [2.05, 4.69) is 5.32 Å². The molecule has 2 heterocycles. The predicted octanol–water partition coefficient (Wildman–Crippen LogP) is -0.850. The Kier molecular flexibility index (Phi) is 1.65. The third kappa shape index (κ3) is 0.876. The highest BCUT2D eigenvalue weighted by atomic mass is 16.2. The summed E-state index contributed by atoms with van der Waals surface area (Å²) in [6.07, 6.45) is 2.49. The first kappa shape index (κ1) is 7.73. The smallest absolute Gasteiger partial charge is 0.287 e. The molecule has 1 spiro atoms. The number of likely N-dealkylation sites (tertiary alicyclic amines) is 1. The van der Waals surface area contributed by atoms with Gasteiger partial charge in [-0.1, -0.05) is 0 Å². The number of aldehydes is 1. The van der Waals surface area contributed by atoms with Crippen molar-refractivity contribution in [2.45, 2.75) is 18.4 Å². The van der Waals surface area contributed by atoms with Crippen LogP contribution in [0, 0.1) is 0 Å². The van der Waals surface area contributed by atoms with E-state index in [4.69, 9.17) is 0 Å². The van der Waals surface area contributed by atoms with Crippen molar-refractivity contribution in [2.24, 2.45) is 0 Å². The maximum atomic E-state index is 11.2. The van der Waals surface area contributed by atoms with Gasteiger partial charge in [-0.05, 0) is 12.8 Å². The molecule has 2 aliphatic rings. The second-order valence-electron chi connectivity index (χ2n) is 3.54. The van der Waals surface area contributed by atoms with E-state index in [1.54, 1.807) is 4.90 Å². The summed E-state index contributed by atoms with van der Waals surface area (Å²) in [7, 11) is 0. The van der Waals surface area contributed by atoms with Gasteiger partial charge in [0, 0.05) is 19.6 Å². The van der Waals surface area contributed by atoms with E-state index in [9.17, 15) is 9.59 Å². The van der Waals surface area contributed by atoms with Crippen LogP contribution in [-0.4, -0.2) is 42.3 Å². The first-order valence-corrected chi connectivity index (χ1v) is 4.26. The van der Waals surface area contributed by atoms with Gasteiger partial charge in [-0.2, -0.15) is 0 Å². The highest BCUT2D eigenvalue weighted by Crippen LogP contribution is 2.32. The third-order valence-electron chi connectivity index (χ3n) is 2.87. The molecule has 1 amide bonds. The van der Waals surface area contributed by atoms with Gasteiger partial charge in [0.25, 0.3) is 5.91 Å². The average Bonchev–Trinajstić information content (AvgIpc) is 2.45. The largest absolute Gasteiger partial charge is 0.328 e. The molecule has 0 aromatic carbocycles. The number of amides is 1. The zero-order chi connectivity index (χ0) is 8.60. The lowest BCUT2D eigenvalue weighted by Gasteiger charge is -2.45. The number of carbonyl (C=O) groups is 2. The fourth-order valence-corrected chi connectivity index (χ4v) is 2.13. The Bertz CT molecular complexity index is 223. The maximum absolute atomic E-state index is 11.2. The molecule has 66 valence electrons. The lowest BCUT2D eigenvalue weighted by molar-refractivity contribution is -0.143. The van der Waals surface area contributed by atoms with Crippen LogP contribution in [0.15, 0.2) is 0 Å². The van der Waals surface area contributed by atoms with Crippen LogP contribution < -0.4 is 5.32 Å². The van der Waals surface area contributed by atoms with E-state index >= 15 is 0 Å². The van der Waals surface area contributed by atoms with Crippen LogP contribution in [0.3, 0.4) is 0 Å². The van der Waals surface area contributed by atoms with Crippen molar-refractivity contribution in [3.8, 4) is 0 Å². The van der Waals surface area contributed by atoms with Gasteiger partial charge >= 0.3 is 0 Å². The molecule has 12 heavy (non-hydrogen) atoms. The summed E-state index contributed by atoms with van der Waals surface area (Å²) >= 11 is 0. The first-order valence-electron chi connectivity index (χ1n) is 4.26. The number of rotatable bonds is 1. The summed E-state index contributed by atoms with van der Waals surface area (Å²) < 4.78 is 0. The summed E-state index contributed by atoms with van der Waals surface area (Å²) in [5, 5.41) is 3.14. The number of nitrogens with zero attached hydrogens (tertiary/aromatic N) is 1. The van der Waals surface area contributed by atoms with E-state index in [1.807, 2.05) is 0 Å². The Labute approximate surface area is 70.9 Å². The van der Waals surface area contributed by atoms with Gasteiger partial charge in [-0.25, -0.2) is 0 Å². The quantitative estimate of drug-likeness (QED) is 0.410. The fraction of sp³-hybridized carbons (Fsp3) is 0.750. The molecule has 0 unspecified atom stereocenters. The second-order valence-corrected chi connectivity index (χ2v) is 3.54. The highest BCUT2D eigenvalue weighted by Gasteiger charge is 2.47. The van der Waals surface area contributed by atoms with Crippen molar-refractivity contribution >= 4 is 12.2 Å². The molecule has 0 aliphatic carbocycles. The average molecular weight is 168 g/mol. The van der Waals surface area contributed by atoms with Gasteiger partial charge in [0.2, 0.25) is 6.29 Å². The van der Waals surface area contributed by atoms with Gasteiger partial charge in [0.05, 0.1) is 5.54 Å². The summed E-state index contributed by atoms with van der Waals surface area (Å²) in [5.41, 5.74) is -0.00199. The van der Waals surface area contributed by atoms with Crippen molar-refractivity contribution in [1.82, 2.24) is 10.2 Å². The lowest BCUT2D eigenvalue weighted by atomic mass is 9.89. The fourth-order valence-electron chi connectivity index (χ4n) is 2.13. The Hall–Kier alpha value is -0.900. The maximum Gasteiger partial charge on any atom is 0.287 e. The third-order valence-corrected chi connectivity index (χ3v) is 2.87. The number of hydrogen-bond donors (Lipinski definition) is 1. The molecule has 4 nitrogen and oxygen atoms in total. The van der Waals surface area contributed by atoms with E-state index in [0.717, 1.165) is 32.5 Å². The van der Waals surface area contributed by atoms with Crippen LogP contribution in [0.5, 0.6) is 0 Å². The topological polar surface area (TPSA) is 49.4 Å². The van der Waals surface area contributed by atoms with Crippen molar-refractivity contribution in [3.05, 3.63) is 0 Å². The summed E-state index contributed by atoms with van der Waals surface area (Å²) in [6.45, 7) is 2.46. The Morgan fingerprint density at radius 1 is 1.50 bits per heavy atom. The molecule has 0 atom stereocenters. The van der Waals surface area contributed by atoms with Gasteiger partial charge in [0.1, 0.15) is 0 Å². The van der Waals surface area contributed by atoms with Crippen molar-refractivity contribution in [3.63, 3.8) is 0 Å². The van der Waals surface area contributed by atoms with Gasteiger partial charge < -0.3 is 10.2 Å². The lowest BCUT2D eigenvalue weighted by Crippen LogP contribution is -2.67. The molecule has 0 radical (unpaired) electrons. The van der Waals surface area contributed by atoms with Gasteiger partial charge in [-0.15, -0.1) is 0 Å². The highest BCUT2D eigenvalue weighted by molar-refractivity contribution is 6.23. The molecule has 4 heteroatoms. The molecule has 2 aliphatic heterocycles. The van der Waals surface area contributed by atoms with Crippen LogP contribution in [0.4, 0.5) is 0 Å². The molecule has 2 rings (SSSR count). The van der Waals surface area contributed by atoms with Crippen LogP contribution in [0.1, 0.15) is 12.8 Å². The minimum absolute atomic E-state index is 0.00199. The summed E-state index contributed by atoms with van der Waals surface area (Å²) in [6, 6.07) is 0. The van der Waals surface area contributed by atoms with E-state index in [-0.39, 0.29) is 11.4 Å². The molecular formula is C8H12N2O2.